The van der Waals surface area contributed by atoms with Gasteiger partial charge in [-0.2, -0.15) is 0 Å². The predicted molar refractivity (Wildman–Crippen MR) is 379 cm³/mol. The topological polar surface area (TPSA) is 157 Å². The molecule has 0 radical (unpaired) electrons. The van der Waals surface area contributed by atoms with Crippen LogP contribution in [0.2, 0.25) is 0 Å². The molecule has 11 heteroatoms. The average Bonchev–Trinajstić information content (AvgIpc) is 0.790. The number of phenols is 6. The van der Waals surface area contributed by atoms with Crippen molar-refractivity contribution in [3.8, 4) is 46.0 Å². The summed E-state index contributed by atoms with van der Waals surface area (Å²) in [5, 5.41) is 61.5. The fourth-order valence-electron chi connectivity index (χ4n) is 10.1. The quantitative estimate of drug-likeness (QED) is 0.0489. The van der Waals surface area contributed by atoms with Gasteiger partial charge in [0.2, 0.25) is 0 Å². The zero-order valence-corrected chi connectivity index (χ0v) is 51.8. The molecular weight excluding hydrogens is 1170 g/mol. The highest BCUT2D eigenvalue weighted by molar-refractivity contribution is 8.01. The summed E-state index contributed by atoms with van der Waals surface area (Å²) in [6.07, 6.45) is 0. The molecule has 0 aliphatic rings. The van der Waals surface area contributed by atoms with E-state index in [4.69, 9.17) is 14.2 Å². The number of rotatable bonds is 13. The van der Waals surface area contributed by atoms with Crippen LogP contribution in [0.15, 0.2) is 334 Å². The minimum Gasteiger partial charge on any atom is -0.508 e. The van der Waals surface area contributed by atoms with Crippen molar-refractivity contribution < 1.29 is 44.3 Å². The lowest BCUT2D eigenvalue weighted by Crippen LogP contribution is -2.38. The van der Waals surface area contributed by atoms with Crippen LogP contribution in [0, 0.1) is 0 Å². The van der Waals surface area contributed by atoms with Gasteiger partial charge in [0.15, 0.2) is 0 Å². The number of hydrogen-bond donors (Lipinski definition) is 6. The van der Waals surface area contributed by atoms with Crippen molar-refractivity contribution in [3.63, 3.8) is 0 Å². The molecule has 0 saturated carbocycles. The molecule has 12 aromatic rings. The highest BCUT2D eigenvalue weighted by Crippen LogP contribution is 2.54. The Labute approximate surface area is 538 Å². The van der Waals surface area contributed by atoms with Gasteiger partial charge in [0.05, 0.1) is 6.66 Å². The molecule has 0 aliphatic carbocycles. The molecule has 0 unspecified atom stereocenters. The van der Waals surface area contributed by atoms with Gasteiger partial charge in [-0.15, -0.1) is 0 Å². The normalized spacial score (nSPS) is 10.8. The maximum absolute atomic E-state index is 12.1. The van der Waals surface area contributed by atoms with Crippen molar-refractivity contribution in [2.75, 3.05) is 6.66 Å². The molecule has 9 nitrogen and oxygen atoms in total. The first kappa shape index (κ1) is 69.8. The van der Waals surface area contributed by atoms with Crippen molar-refractivity contribution in [1.29, 1.82) is 0 Å². The maximum atomic E-state index is 12.1. The molecule has 464 valence electrons. The van der Waals surface area contributed by atoms with Crippen molar-refractivity contribution in [1.82, 2.24) is 0 Å². The zero-order chi connectivity index (χ0) is 63.1. The van der Waals surface area contributed by atoms with Crippen LogP contribution in [0.4, 0.5) is 0 Å². The lowest BCUT2D eigenvalue weighted by atomic mass is 9.71. The summed E-state index contributed by atoms with van der Waals surface area (Å²) in [6.45, 7) is 7.77. The third-order valence-corrected chi connectivity index (χ3v) is 20.2. The summed E-state index contributed by atoms with van der Waals surface area (Å²) in [6, 6.07) is 106. The first-order chi connectivity index (χ1) is 43.0. The fraction of sp³-hybridized carbons (Fsp3) is 0.100. The van der Waals surface area contributed by atoms with Gasteiger partial charge in [0.1, 0.15) is 74.5 Å². The van der Waals surface area contributed by atoms with Crippen LogP contribution >= 0.6 is 14.9 Å². The molecule has 0 spiro atoms. The smallest absolute Gasteiger partial charge is 0.427 e. The van der Waals surface area contributed by atoms with Crippen LogP contribution in [0.3, 0.4) is 0 Å². The molecule has 0 aliphatic heterocycles. The van der Waals surface area contributed by atoms with E-state index in [0.29, 0.717) is 17.2 Å². The van der Waals surface area contributed by atoms with Gasteiger partial charge in [0.25, 0.3) is 0 Å². The molecule has 0 bridgehead atoms. The molecule has 0 fully saturated rings. The molecular formula is C80H81O9P2+. The molecule has 0 atom stereocenters. The second-order valence-corrected chi connectivity index (χ2v) is 26.7. The summed E-state index contributed by atoms with van der Waals surface area (Å²) in [5.41, 5.74) is 4.64. The zero-order valence-electron chi connectivity index (χ0n) is 50.1. The Morgan fingerprint density at radius 3 is 0.670 bits per heavy atom. The monoisotopic (exact) mass is 1250 g/mol. The second-order valence-electron chi connectivity index (χ2n) is 21.4. The summed E-state index contributed by atoms with van der Waals surface area (Å²) < 4.78 is 22.8. The Balaban J connectivity index is 0.000000187. The van der Waals surface area contributed by atoms with Gasteiger partial charge in [-0.1, -0.05) is 217 Å². The van der Waals surface area contributed by atoms with Gasteiger partial charge in [0, 0.05) is 10.8 Å². The minimum absolute atomic E-state index is 0. The summed E-state index contributed by atoms with van der Waals surface area (Å²) in [7, 11) is -5.04. The van der Waals surface area contributed by atoms with E-state index in [1.165, 1.54) is 27.9 Å². The van der Waals surface area contributed by atoms with E-state index in [1.807, 2.05) is 103 Å². The van der Waals surface area contributed by atoms with Gasteiger partial charge < -0.3 is 39.7 Å². The predicted octanol–water partition coefficient (Wildman–Crippen LogP) is 18.5. The van der Waals surface area contributed by atoms with E-state index in [0.717, 1.165) is 27.8 Å². The highest BCUT2D eigenvalue weighted by atomic mass is 31.2. The van der Waals surface area contributed by atoms with Crippen molar-refractivity contribution >= 4 is 36.1 Å². The lowest BCUT2D eigenvalue weighted by Gasteiger charge is -2.32. The van der Waals surface area contributed by atoms with Crippen LogP contribution in [0.1, 0.15) is 63.4 Å². The molecule has 0 aromatic heterocycles. The standard InChI is InChI=1S/C24H20P.C20H18O3.C15H16O2.C13H13O3P.C6H6O.2CH4/c1-5-13-21(14-6-1)25(22-15-7-2-8-16-22,23-17-9-3-10-18-23)24-19-11-4-12-20-24;1-20(14-2-8-17(21)9-3-14,15-4-10-18(22)11-5-15)16-6-12-19(23)13-7-16;1-15(2,11-3-7-13(16)8-4-11)12-5-9-14(17)10-6-12;1-17(14,15-12-8-4-2-5-9-12)16-13-10-6-3-7-11-13;7-6-4-2-1-3-5-6;;/h1-20H;2-13,21-23H,1H3;3-10,16-17H,1-2H3;2-11H,1H3;1-5,7H;2*1H4/q+1;;;;;;. The van der Waals surface area contributed by atoms with Crippen LogP contribution in [0.25, 0.3) is 0 Å². The Hall–Kier alpha value is -10.3. The number of phenolic OH excluding ortho intramolecular Hbond substituents is 6. The highest BCUT2D eigenvalue weighted by Gasteiger charge is 2.47. The van der Waals surface area contributed by atoms with Crippen molar-refractivity contribution in [2.45, 2.75) is 46.5 Å². The molecule has 12 rings (SSSR count). The number of benzene rings is 12. The number of hydrogen-bond acceptors (Lipinski definition) is 9. The summed E-state index contributed by atoms with van der Waals surface area (Å²) >= 11 is 0. The Morgan fingerprint density at radius 2 is 0.462 bits per heavy atom. The van der Waals surface area contributed by atoms with E-state index in [1.54, 1.807) is 109 Å². The fourth-order valence-corrected chi connectivity index (χ4v) is 15.4. The van der Waals surface area contributed by atoms with Crippen molar-refractivity contribution in [3.05, 3.63) is 361 Å². The van der Waals surface area contributed by atoms with Gasteiger partial charge >= 0.3 is 7.60 Å². The van der Waals surface area contributed by atoms with Crippen LogP contribution in [0.5, 0.6) is 46.0 Å². The average molecular weight is 1250 g/mol. The van der Waals surface area contributed by atoms with Gasteiger partial charge in [-0.3, -0.25) is 0 Å². The van der Waals surface area contributed by atoms with E-state index in [9.17, 15) is 30.1 Å². The largest absolute Gasteiger partial charge is 0.508 e. The first-order valence-electron chi connectivity index (χ1n) is 28.9. The first-order valence-corrected chi connectivity index (χ1v) is 32.6. The Kier molecular flexibility index (Phi) is 25.6. The second kappa shape index (κ2) is 33.3. The van der Waals surface area contributed by atoms with Gasteiger partial charge in [-0.25, -0.2) is 4.57 Å². The Morgan fingerprint density at radius 1 is 0.275 bits per heavy atom. The minimum atomic E-state index is -3.14. The third kappa shape index (κ3) is 18.9. The Bertz CT molecular complexity index is 3670. The molecule has 0 heterocycles. The van der Waals surface area contributed by atoms with Crippen LogP contribution < -0.4 is 30.3 Å². The van der Waals surface area contributed by atoms with E-state index >= 15 is 0 Å². The van der Waals surface area contributed by atoms with Crippen molar-refractivity contribution in [2.24, 2.45) is 0 Å². The third-order valence-electron chi connectivity index (χ3n) is 14.9. The van der Waals surface area contributed by atoms with E-state index in [2.05, 4.69) is 142 Å². The van der Waals surface area contributed by atoms with E-state index in [-0.39, 0.29) is 49.0 Å². The number of para-hydroxylation sites is 3. The molecule has 12 aromatic carbocycles. The molecule has 91 heavy (non-hydrogen) atoms. The van der Waals surface area contributed by atoms with Crippen LogP contribution in [-0.2, 0) is 15.4 Å². The maximum Gasteiger partial charge on any atom is 0.427 e. The SMILES string of the molecule is C.C.CC(C)(c1ccc(O)cc1)c1ccc(O)cc1.CC(c1ccc(O)cc1)(c1ccc(O)cc1)c1ccc(O)cc1.CP(=O)(Oc1ccccc1)Oc1ccccc1.Oc1ccccc1.c1ccc([P+](c2ccccc2)(c2ccccc2)c2ccccc2)cc1. The van der Waals surface area contributed by atoms with E-state index < -0.39 is 20.3 Å². The lowest BCUT2D eigenvalue weighted by molar-refractivity contribution is 0.393. The van der Waals surface area contributed by atoms with Crippen LogP contribution in [-0.4, -0.2) is 37.3 Å². The summed E-state index contributed by atoms with van der Waals surface area (Å²) in [4.78, 5) is 0. The molecule has 6 N–H and O–H groups in total. The molecule has 0 saturated heterocycles. The summed E-state index contributed by atoms with van der Waals surface area (Å²) in [5.74, 6) is 2.59. The molecule has 0 amide bonds. The number of aromatic hydroxyl groups is 6. The van der Waals surface area contributed by atoms with Gasteiger partial charge in [-0.05, 0) is 180 Å².